The van der Waals surface area contributed by atoms with Gasteiger partial charge in [0.25, 0.3) is 5.56 Å². The molecule has 156 valence electrons. The van der Waals surface area contributed by atoms with Crippen molar-refractivity contribution in [1.29, 1.82) is 5.26 Å². The second kappa shape index (κ2) is 7.34. The Morgan fingerprint density at radius 3 is 3.06 bits per heavy atom. The SMILES string of the molecule is N#CC[C@]1(n2nc(Nc3cc(F)c4nccc(Cl)c4c3)c3c(=O)[nH]ccc32)CCOC1. The molecule has 1 fully saturated rings. The van der Waals surface area contributed by atoms with Gasteiger partial charge in [-0.3, -0.25) is 14.5 Å². The number of aromatic amines is 1. The standard InChI is InChI=1S/C21H16ClFN6O2/c22-14-1-6-25-18-13(14)9-12(10-15(18)23)27-19-17-16(2-7-26-20(17)30)29(28-19)21(3-5-24)4-8-31-11-21/h1-2,6-7,9-10H,3-4,8,11H2,(H,26,30)(H,27,28)/t21-/m0/s1. The molecule has 3 aromatic heterocycles. The highest BCUT2D eigenvalue weighted by Crippen LogP contribution is 2.36. The lowest BCUT2D eigenvalue weighted by Gasteiger charge is -2.25. The first-order valence-electron chi connectivity index (χ1n) is 9.59. The van der Waals surface area contributed by atoms with Crippen LogP contribution in [0, 0.1) is 17.1 Å². The maximum Gasteiger partial charge on any atom is 0.261 e. The topological polar surface area (TPSA) is 109 Å². The summed E-state index contributed by atoms with van der Waals surface area (Å²) in [6, 6.07) is 8.44. The Morgan fingerprint density at radius 2 is 2.29 bits per heavy atom. The van der Waals surface area contributed by atoms with Crippen molar-refractivity contribution in [3.63, 3.8) is 0 Å². The highest BCUT2D eigenvalue weighted by molar-refractivity contribution is 6.35. The Hall–Kier alpha value is -3.48. The molecule has 1 aromatic carbocycles. The van der Waals surface area contributed by atoms with E-state index in [1.165, 1.54) is 18.5 Å². The molecule has 0 unspecified atom stereocenters. The van der Waals surface area contributed by atoms with Crippen LogP contribution in [0.5, 0.6) is 0 Å². The van der Waals surface area contributed by atoms with Gasteiger partial charge in [-0.15, -0.1) is 0 Å². The number of nitrogens with zero attached hydrogens (tertiary/aromatic N) is 4. The lowest BCUT2D eigenvalue weighted by molar-refractivity contribution is 0.151. The van der Waals surface area contributed by atoms with Crippen LogP contribution in [0.1, 0.15) is 12.8 Å². The maximum atomic E-state index is 14.6. The molecule has 4 aromatic rings. The molecule has 0 aliphatic carbocycles. The quantitative estimate of drug-likeness (QED) is 0.501. The van der Waals surface area contributed by atoms with Gasteiger partial charge < -0.3 is 15.0 Å². The summed E-state index contributed by atoms with van der Waals surface area (Å²) in [6.45, 7) is 0.811. The number of benzene rings is 1. The fourth-order valence-electron chi connectivity index (χ4n) is 4.04. The number of anilines is 2. The molecule has 0 radical (unpaired) electrons. The lowest BCUT2D eigenvalue weighted by atomic mass is 9.95. The minimum atomic E-state index is -0.678. The van der Waals surface area contributed by atoms with Gasteiger partial charge in [-0.2, -0.15) is 10.4 Å². The number of halogens is 2. The number of pyridine rings is 2. The third-order valence-corrected chi connectivity index (χ3v) is 5.88. The van der Waals surface area contributed by atoms with Gasteiger partial charge in [-0.05, 0) is 30.7 Å². The number of ether oxygens (including phenoxy) is 1. The highest BCUT2D eigenvalue weighted by atomic mass is 35.5. The Balaban J connectivity index is 1.68. The van der Waals surface area contributed by atoms with Crippen LogP contribution in [0.25, 0.3) is 21.8 Å². The number of nitrogens with one attached hydrogen (secondary N) is 2. The molecule has 0 amide bonds. The molecule has 1 aliphatic heterocycles. The van der Waals surface area contributed by atoms with Crippen molar-refractivity contribution in [2.24, 2.45) is 0 Å². The number of hydrogen-bond donors (Lipinski definition) is 2. The van der Waals surface area contributed by atoms with E-state index >= 15 is 0 Å². The number of H-pyrrole nitrogens is 1. The van der Waals surface area contributed by atoms with Crippen LogP contribution < -0.4 is 10.9 Å². The summed E-state index contributed by atoms with van der Waals surface area (Å²) in [5.41, 5.74) is 0.0584. The molecule has 4 heterocycles. The van der Waals surface area contributed by atoms with Crippen molar-refractivity contribution < 1.29 is 9.13 Å². The molecule has 0 bridgehead atoms. The minimum absolute atomic E-state index is 0.155. The third-order valence-electron chi connectivity index (χ3n) is 5.55. The van der Waals surface area contributed by atoms with Gasteiger partial charge >= 0.3 is 0 Å². The Morgan fingerprint density at radius 1 is 1.42 bits per heavy atom. The molecule has 1 atom stereocenters. The monoisotopic (exact) mass is 438 g/mol. The summed E-state index contributed by atoms with van der Waals surface area (Å²) >= 11 is 6.21. The van der Waals surface area contributed by atoms with Gasteiger partial charge in [-0.1, -0.05) is 11.6 Å². The summed E-state index contributed by atoms with van der Waals surface area (Å²) in [6.07, 6.45) is 3.74. The van der Waals surface area contributed by atoms with Gasteiger partial charge in [0, 0.05) is 30.1 Å². The third kappa shape index (κ3) is 3.12. The van der Waals surface area contributed by atoms with Crippen molar-refractivity contribution in [1.82, 2.24) is 19.7 Å². The van der Waals surface area contributed by atoms with Crippen LogP contribution in [-0.2, 0) is 10.3 Å². The summed E-state index contributed by atoms with van der Waals surface area (Å²) < 4.78 is 21.9. The zero-order chi connectivity index (χ0) is 21.6. The molecule has 8 nitrogen and oxygen atoms in total. The van der Waals surface area contributed by atoms with Crippen LogP contribution in [-0.4, -0.2) is 33.0 Å². The van der Waals surface area contributed by atoms with Gasteiger partial charge in [0.2, 0.25) is 0 Å². The first kappa shape index (κ1) is 19.5. The molecule has 31 heavy (non-hydrogen) atoms. The minimum Gasteiger partial charge on any atom is -0.379 e. The molecular formula is C21H16ClFN6O2. The molecule has 0 saturated carbocycles. The van der Waals surface area contributed by atoms with Crippen molar-refractivity contribution in [3.8, 4) is 6.07 Å². The lowest BCUT2D eigenvalue weighted by Crippen LogP contribution is -2.34. The number of fused-ring (bicyclic) bond motifs is 2. The smallest absolute Gasteiger partial charge is 0.261 e. The first-order valence-corrected chi connectivity index (χ1v) is 9.97. The van der Waals surface area contributed by atoms with Gasteiger partial charge in [-0.25, -0.2) is 4.39 Å². The second-order valence-corrected chi connectivity index (χ2v) is 7.87. The molecular weight excluding hydrogens is 423 g/mol. The fraction of sp³-hybridized carbons (Fsp3) is 0.238. The van der Waals surface area contributed by atoms with E-state index < -0.39 is 11.4 Å². The number of hydrogen-bond acceptors (Lipinski definition) is 6. The van der Waals surface area contributed by atoms with E-state index in [1.807, 2.05) is 0 Å². The fourth-order valence-corrected chi connectivity index (χ4v) is 4.24. The zero-order valence-corrected chi connectivity index (χ0v) is 16.9. The molecule has 5 rings (SSSR count). The molecule has 1 saturated heterocycles. The van der Waals surface area contributed by atoms with E-state index in [4.69, 9.17) is 16.3 Å². The average Bonchev–Trinajstić information content (AvgIpc) is 3.36. The second-order valence-electron chi connectivity index (χ2n) is 7.46. The van der Waals surface area contributed by atoms with Crippen molar-refractivity contribution in [2.75, 3.05) is 18.5 Å². The van der Waals surface area contributed by atoms with Crippen molar-refractivity contribution in [2.45, 2.75) is 18.4 Å². The highest BCUT2D eigenvalue weighted by Gasteiger charge is 2.39. The van der Waals surface area contributed by atoms with Crippen molar-refractivity contribution in [3.05, 3.63) is 57.9 Å². The van der Waals surface area contributed by atoms with Crippen molar-refractivity contribution >= 4 is 44.9 Å². The van der Waals surface area contributed by atoms with Crippen LogP contribution in [0.15, 0.2) is 41.5 Å². The predicted molar refractivity (Wildman–Crippen MR) is 114 cm³/mol. The Bertz CT molecular complexity index is 1420. The molecule has 0 spiro atoms. The largest absolute Gasteiger partial charge is 0.379 e. The average molecular weight is 439 g/mol. The number of nitriles is 1. The van der Waals surface area contributed by atoms with E-state index in [-0.39, 0.29) is 23.3 Å². The Labute approximate surface area is 180 Å². The van der Waals surface area contributed by atoms with Crippen LogP contribution >= 0.6 is 11.6 Å². The molecule has 10 heteroatoms. The van der Waals surface area contributed by atoms with Gasteiger partial charge in [0.05, 0.1) is 29.6 Å². The van der Waals surface area contributed by atoms with E-state index in [1.54, 1.807) is 22.9 Å². The summed E-state index contributed by atoms with van der Waals surface area (Å²) in [5, 5.41) is 18.2. The molecule has 1 aliphatic rings. The van der Waals surface area contributed by atoms with E-state index in [0.29, 0.717) is 46.6 Å². The van der Waals surface area contributed by atoms with Crippen LogP contribution in [0.4, 0.5) is 15.9 Å². The molecule has 2 N–H and O–H groups in total. The van der Waals surface area contributed by atoms with Gasteiger partial charge in [0.15, 0.2) is 11.6 Å². The number of rotatable bonds is 4. The van der Waals surface area contributed by atoms with E-state index in [2.05, 4.69) is 26.5 Å². The normalized spacial score (nSPS) is 18.5. The number of aromatic nitrogens is 4. The van der Waals surface area contributed by atoms with E-state index in [9.17, 15) is 14.4 Å². The summed E-state index contributed by atoms with van der Waals surface area (Å²) in [4.78, 5) is 19.3. The summed E-state index contributed by atoms with van der Waals surface area (Å²) in [5.74, 6) is -0.301. The predicted octanol–water partition coefficient (Wildman–Crippen LogP) is 3.84. The van der Waals surface area contributed by atoms with Crippen LogP contribution in [0.3, 0.4) is 0 Å². The van der Waals surface area contributed by atoms with Crippen LogP contribution in [0.2, 0.25) is 5.02 Å². The zero-order valence-electron chi connectivity index (χ0n) is 16.2. The first-order chi connectivity index (χ1) is 15.0. The Kier molecular flexibility index (Phi) is 4.61. The van der Waals surface area contributed by atoms with E-state index in [0.717, 1.165) is 0 Å². The van der Waals surface area contributed by atoms with Gasteiger partial charge in [0.1, 0.15) is 16.4 Å². The summed E-state index contributed by atoms with van der Waals surface area (Å²) in [7, 11) is 0. The maximum absolute atomic E-state index is 14.6.